The van der Waals surface area contributed by atoms with Crippen LogP contribution in [0.2, 0.25) is 0 Å². The molecule has 6 nitrogen and oxygen atoms in total. The van der Waals surface area contributed by atoms with Crippen LogP contribution in [-0.2, 0) is 4.79 Å². The molecule has 2 amide bonds. The summed E-state index contributed by atoms with van der Waals surface area (Å²) >= 11 is 1.60. The molecular formula is C13H23N3O3S. The SMILES string of the molecule is CCN1CCN(C(=O)N2CCSCC2C(=O)O)CC1C. The number of thioether (sulfide) groups is 1. The summed E-state index contributed by atoms with van der Waals surface area (Å²) in [6.07, 6.45) is 0. The Morgan fingerprint density at radius 1 is 1.30 bits per heavy atom. The predicted octanol–water partition coefficient (Wildman–Crippen LogP) is 0.634. The first-order chi connectivity index (χ1) is 9.54. The number of hydrogen-bond donors (Lipinski definition) is 1. The van der Waals surface area contributed by atoms with Crippen molar-refractivity contribution in [3.63, 3.8) is 0 Å². The van der Waals surface area contributed by atoms with Gasteiger partial charge < -0.3 is 14.9 Å². The van der Waals surface area contributed by atoms with Gasteiger partial charge in [-0.05, 0) is 13.5 Å². The zero-order valence-corrected chi connectivity index (χ0v) is 12.9. The quantitative estimate of drug-likeness (QED) is 0.811. The summed E-state index contributed by atoms with van der Waals surface area (Å²) in [6, 6.07) is -0.457. The zero-order valence-electron chi connectivity index (χ0n) is 12.1. The van der Waals surface area contributed by atoms with E-state index in [9.17, 15) is 14.7 Å². The molecule has 0 bridgehead atoms. The molecule has 2 aliphatic heterocycles. The molecule has 114 valence electrons. The summed E-state index contributed by atoms with van der Waals surface area (Å²) in [5.74, 6) is 0.414. The Morgan fingerprint density at radius 2 is 2.05 bits per heavy atom. The Bertz CT molecular complexity index is 380. The van der Waals surface area contributed by atoms with Crippen molar-refractivity contribution < 1.29 is 14.7 Å². The third-order valence-corrected chi connectivity index (χ3v) is 5.12. The monoisotopic (exact) mass is 301 g/mol. The molecule has 0 aromatic heterocycles. The van der Waals surface area contributed by atoms with E-state index < -0.39 is 12.0 Å². The molecule has 2 saturated heterocycles. The molecule has 0 aliphatic carbocycles. The molecule has 2 rings (SSSR count). The van der Waals surface area contributed by atoms with E-state index in [2.05, 4.69) is 18.7 Å². The fraction of sp³-hybridized carbons (Fsp3) is 0.846. The maximum atomic E-state index is 12.6. The molecule has 7 heteroatoms. The molecule has 0 aromatic carbocycles. The van der Waals surface area contributed by atoms with Gasteiger partial charge in [-0.1, -0.05) is 6.92 Å². The Labute approximate surface area is 124 Å². The van der Waals surface area contributed by atoms with Crippen LogP contribution in [0, 0.1) is 0 Å². The lowest BCUT2D eigenvalue weighted by molar-refractivity contribution is -0.141. The second kappa shape index (κ2) is 6.67. The standard InChI is InChI=1S/C13H23N3O3S/c1-3-14-4-5-15(8-10(14)2)13(19)16-6-7-20-9-11(16)12(17)18/h10-11H,3-9H2,1-2H3,(H,17,18). The van der Waals surface area contributed by atoms with Gasteiger partial charge >= 0.3 is 12.0 Å². The lowest BCUT2D eigenvalue weighted by atomic mass is 10.2. The summed E-state index contributed by atoms with van der Waals surface area (Å²) in [6.45, 7) is 7.99. The Hall–Kier alpha value is -0.950. The van der Waals surface area contributed by atoms with Crippen LogP contribution in [0.1, 0.15) is 13.8 Å². The minimum Gasteiger partial charge on any atom is -0.480 e. The van der Waals surface area contributed by atoms with E-state index in [0.29, 0.717) is 31.4 Å². The number of nitrogens with zero attached hydrogens (tertiary/aromatic N) is 3. The average Bonchev–Trinajstić information content (AvgIpc) is 2.46. The number of carbonyl (C=O) groups is 2. The molecule has 2 fully saturated rings. The van der Waals surface area contributed by atoms with E-state index in [1.807, 2.05) is 4.90 Å². The molecule has 0 spiro atoms. The van der Waals surface area contributed by atoms with Crippen molar-refractivity contribution in [3.8, 4) is 0 Å². The van der Waals surface area contributed by atoms with Gasteiger partial charge in [0.1, 0.15) is 6.04 Å². The molecule has 2 heterocycles. The number of carbonyl (C=O) groups excluding carboxylic acids is 1. The van der Waals surface area contributed by atoms with Crippen LogP contribution in [0.4, 0.5) is 4.79 Å². The topological polar surface area (TPSA) is 64.1 Å². The predicted molar refractivity (Wildman–Crippen MR) is 79.1 cm³/mol. The van der Waals surface area contributed by atoms with Crippen molar-refractivity contribution in [2.45, 2.75) is 25.9 Å². The van der Waals surface area contributed by atoms with Crippen LogP contribution in [0.5, 0.6) is 0 Å². The Morgan fingerprint density at radius 3 is 2.65 bits per heavy atom. The highest BCUT2D eigenvalue weighted by Crippen LogP contribution is 2.20. The van der Waals surface area contributed by atoms with Crippen LogP contribution in [-0.4, -0.2) is 88.1 Å². The molecular weight excluding hydrogens is 278 g/mol. The molecule has 2 unspecified atom stereocenters. The second-order valence-electron chi connectivity index (χ2n) is 5.33. The number of hydrogen-bond acceptors (Lipinski definition) is 4. The third-order valence-electron chi connectivity index (χ3n) is 4.10. The normalized spacial score (nSPS) is 28.5. The number of likely N-dealkylation sites (N-methyl/N-ethyl adjacent to an activating group) is 1. The molecule has 1 N–H and O–H groups in total. The summed E-state index contributed by atoms with van der Waals surface area (Å²) in [4.78, 5) is 29.5. The van der Waals surface area contributed by atoms with Gasteiger partial charge in [0, 0.05) is 43.7 Å². The highest BCUT2D eigenvalue weighted by atomic mass is 32.2. The highest BCUT2D eigenvalue weighted by Gasteiger charge is 2.36. The summed E-state index contributed by atoms with van der Waals surface area (Å²) in [5.41, 5.74) is 0. The number of rotatable bonds is 2. The molecule has 0 radical (unpaired) electrons. The van der Waals surface area contributed by atoms with Crippen molar-refractivity contribution in [1.82, 2.24) is 14.7 Å². The van der Waals surface area contributed by atoms with E-state index >= 15 is 0 Å². The first kappa shape index (κ1) is 15.4. The van der Waals surface area contributed by atoms with Crippen molar-refractivity contribution in [2.24, 2.45) is 0 Å². The van der Waals surface area contributed by atoms with Crippen LogP contribution in [0.15, 0.2) is 0 Å². The van der Waals surface area contributed by atoms with E-state index in [1.165, 1.54) is 4.90 Å². The maximum absolute atomic E-state index is 12.6. The van der Waals surface area contributed by atoms with Crippen LogP contribution in [0.25, 0.3) is 0 Å². The number of urea groups is 1. The minimum absolute atomic E-state index is 0.111. The lowest BCUT2D eigenvalue weighted by Crippen LogP contribution is -2.60. The lowest BCUT2D eigenvalue weighted by Gasteiger charge is -2.43. The van der Waals surface area contributed by atoms with Crippen molar-refractivity contribution >= 4 is 23.8 Å². The van der Waals surface area contributed by atoms with Crippen LogP contribution in [0.3, 0.4) is 0 Å². The van der Waals surface area contributed by atoms with E-state index in [-0.39, 0.29) is 6.03 Å². The van der Waals surface area contributed by atoms with Crippen molar-refractivity contribution in [2.75, 3.05) is 44.2 Å². The minimum atomic E-state index is -0.897. The average molecular weight is 301 g/mol. The van der Waals surface area contributed by atoms with E-state index in [1.54, 1.807) is 11.8 Å². The smallest absolute Gasteiger partial charge is 0.327 e. The zero-order chi connectivity index (χ0) is 14.7. The number of piperazine rings is 1. The van der Waals surface area contributed by atoms with E-state index in [0.717, 1.165) is 18.8 Å². The Balaban J connectivity index is 2.01. The molecule has 0 saturated carbocycles. The van der Waals surface area contributed by atoms with Crippen LogP contribution >= 0.6 is 11.8 Å². The van der Waals surface area contributed by atoms with Crippen LogP contribution < -0.4 is 0 Å². The van der Waals surface area contributed by atoms with Gasteiger partial charge in [0.25, 0.3) is 0 Å². The van der Waals surface area contributed by atoms with Gasteiger partial charge in [-0.25, -0.2) is 9.59 Å². The first-order valence-electron chi connectivity index (χ1n) is 7.14. The molecule has 20 heavy (non-hydrogen) atoms. The summed E-state index contributed by atoms with van der Waals surface area (Å²) in [5, 5.41) is 9.25. The van der Waals surface area contributed by atoms with Gasteiger partial charge in [-0.3, -0.25) is 4.90 Å². The fourth-order valence-corrected chi connectivity index (χ4v) is 3.90. The van der Waals surface area contributed by atoms with Gasteiger partial charge in [0.15, 0.2) is 0 Å². The number of carboxylic acids is 1. The van der Waals surface area contributed by atoms with Crippen molar-refractivity contribution in [1.29, 1.82) is 0 Å². The van der Waals surface area contributed by atoms with Gasteiger partial charge in [0.2, 0.25) is 0 Å². The van der Waals surface area contributed by atoms with E-state index in [4.69, 9.17) is 0 Å². The highest BCUT2D eigenvalue weighted by molar-refractivity contribution is 7.99. The largest absolute Gasteiger partial charge is 0.480 e. The fourth-order valence-electron chi connectivity index (χ4n) is 2.86. The summed E-state index contributed by atoms with van der Waals surface area (Å²) < 4.78 is 0. The first-order valence-corrected chi connectivity index (χ1v) is 8.30. The molecule has 2 aliphatic rings. The number of carboxylic acid groups (broad SMARTS) is 1. The number of aliphatic carboxylic acids is 1. The summed E-state index contributed by atoms with van der Waals surface area (Å²) in [7, 11) is 0. The molecule has 2 atom stereocenters. The van der Waals surface area contributed by atoms with Gasteiger partial charge in [-0.2, -0.15) is 11.8 Å². The second-order valence-corrected chi connectivity index (χ2v) is 6.48. The van der Waals surface area contributed by atoms with Gasteiger partial charge in [0.05, 0.1) is 0 Å². The Kier molecular flexibility index (Phi) is 5.15. The third kappa shape index (κ3) is 3.20. The molecule has 0 aromatic rings. The maximum Gasteiger partial charge on any atom is 0.327 e. The van der Waals surface area contributed by atoms with Crippen molar-refractivity contribution in [3.05, 3.63) is 0 Å². The van der Waals surface area contributed by atoms with Gasteiger partial charge in [-0.15, -0.1) is 0 Å². The number of amides is 2.